The third kappa shape index (κ3) is 3.35. The molecule has 1 N–H and O–H groups in total. The molecular formula is C10H20N2O. The topological polar surface area (TPSA) is 32.3 Å². The fourth-order valence-corrected chi connectivity index (χ4v) is 1.65. The maximum atomic E-state index is 11.5. The average molecular weight is 184 g/mol. The van der Waals surface area contributed by atoms with E-state index in [4.69, 9.17) is 0 Å². The number of rotatable bonds is 3. The zero-order valence-corrected chi connectivity index (χ0v) is 8.68. The Morgan fingerprint density at radius 1 is 1.46 bits per heavy atom. The monoisotopic (exact) mass is 184 g/mol. The molecule has 1 rings (SSSR count). The summed E-state index contributed by atoms with van der Waals surface area (Å²) >= 11 is 0. The Morgan fingerprint density at radius 3 is 2.62 bits per heavy atom. The third-order valence-electron chi connectivity index (χ3n) is 2.73. The highest BCUT2D eigenvalue weighted by Crippen LogP contribution is 2.16. The minimum Gasteiger partial charge on any atom is -0.343 e. The van der Waals surface area contributed by atoms with E-state index >= 15 is 0 Å². The van der Waals surface area contributed by atoms with E-state index < -0.39 is 0 Å². The highest BCUT2D eigenvalue weighted by Gasteiger charge is 2.19. The molecule has 0 atom stereocenters. The molecule has 0 aromatic carbocycles. The molecule has 0 bridgehead atoms. The molecular weight excluding hydrogens is 164 g/mol. The van der Waals surface area contributed by atoms with Gasteiger partial charge in [-0.2, -0.15) is 0 Å². The molecule has 76 valence electrons. The van der Waals surface area contributed by atoms with Gasteiger partial charge in [-0.15, -0.1) is 0 Å². The second-order valence-electron chi connectivity index (χ2n) is 3.92. The minimum atomic E-state index is 0.307. The van der Waals surface area contributed by atoms with E-state index in [1.54, 1.807) is 0 Å². The van der Waals surface area contributed by atoms with Crippen molar-refractivity contribution in [1.29, 1.82) is 0 Å². The van der Waals surface area contributed by atoms with Gasteiger partial charge in [0.05, 0.1) is 0 Å². The van der Waals surface area contributed by atoms with Crippen LogP contribution >= 0.6 is 0 Å². The van der Waals surface area contributed by atoms with Crippen molar-refractivity contribution in [3.05, 3.63) is 0 Å². The molecule has 0 unspecified atom stereocenters. The molecule has 0 radical (unpaired) electrons. The quantitative estimate of drug-likeness (QED) is 0.705. The Bertz CT molecular complexity index is 162. The lowest BCUT2D eigenvalue weighted by Crippen LogP contribution is -2.38. The van der Waals surface area contributed by atoms with Crippen LogP contribution in [0.4, 0.5) is 0 Å². The number of carbonyl (C=O) groups excluding carboxylic acids is 1. The van der Waals surface area contributed by atoms with E-state index in [0.29, 0.717) is 12.3 Å². The Balaban J connectivity index is 2.23. The summed E-state index contributed by atoms with van der Waals surface area (Å²) < 4.78 is 0. The first-order valence-electron chi connectivity index (χ1n) is 5.16. The maximum absolute atomic E-state index is 11.5. The van der Waals surface area contributed by atoms with Gasteiger partial charge in [-0.3, -0.25) is 4.79 Å². The van der Waals surface area contributed by atoms with Crippen molar-refractivity contribution in [2.75, 3.05) is 26.7 Å². The Labute approximate surface area is 80.5 Å². The van der Waals surface area contributed by atoms with E-state index in [1.807, 2.05) is 11.9 Å². The molecule has 0 aliphatic carbocycles. The molecule has 0 saturated carbocycles. The lowest BCUT2D eigenvalue weighted by atomic mass is 9.99. The highest BCUT2D eigenvalue weighted by molar-refractivity contribution is 5.76. The molecule has 1 aliphatic heterocycles. The summed E-state index contributed by atoms with van der Waals surface area (Å²) in [5, 5.41) is 3.00. The second-order valence-corrected chi connectivity index (χ2v) is 3.92. The first kappa shape index (κ1) is 10.5. The summed E-state index contributed by atoms with van der Waals surface area (Å²) in [6.45, 7) is 4.98. The Morgan fingerprint density at radius 2 is 2.08 bits per heavy atom. The van der Waals surface area contributed by atoms with E-state index in [-0.39, 0.29) is 0 Å². The number of piperidine rings is 1. The molecule has 1 fully saturated rings. The first-order chi connectivity index (χ1) is 6.24. The van der Waals surface area contributed by atoms with Gasteiger partial charge in [-0.1, -0.05) is 6.92 Å². The summed E-state index contributed by atoms with van der Waals surface area (Å²) in [7, 11) is 1.88. The fraction of sp³-hybridized carbons (Fsp3) is 0.900. The predicted molar refractivity (Wildman–Crippen MR) is 53.5 cm³/mol. The van der Waals surface area contributed by atoms with Gasteiger partial charge in [0.1, 0.15) is 0 Å². The molecule has 0 aromatic heterocycles. The van der Waals surface area contributed by atoms with Crippen LogP contribution < -0.4 is 5.32 Å². The molecule has 1 saturated heterocycles. The minimum absolute atomic E-state index is 0.307. The van der Waals surface area contributed by atoms with Crippen molar-refractivity contribution in [3.8, 4) is 0 Å². The maximum Gasteiger partial charge on any atom is 0.223 e. The van der Waals surface area contributed by atoms with Gasteiger partial charge in [-0.05, 0) is 25.8 Å². The van der Waals surface area contributed by atoms with Crippen molar-refractivity contribution >= 4 is 5.91 Å². The smallest absolute Gasteiger partial charge is 0.223 e. The van der Waals surface area contributed by atoms with Crippen molar-refractivity contribution in [1.82, 2.24) is 10.2 Å². The summed E-state index contributed by atoms with van der Waals surface area (Å²) in [6, 6.07) is 0. The number of nitrogens with one attached hydrogen (secondary N) is 1. The molecule has 0 spiro atoms. The number of nitrogens with zero attached hydrogens (tertiary/aromatic N) is 1. The molecule has 1 amide bonds. The fourth-order valence-electron chi connectivity index (χ4n) is 1.65. The Kier molecular flexibility index (Phi) is 4.22. The van der Waals surface area contributed by atoms with Crippen molar-refractivity contribution in [2.45, 2.75) is 26.2 Å². The first-order valence-corrected chi connectivity index (χ1v) is 5.16. The summed E-state index contributed by atoms with van der Waals surface area (Å²) in [5.74, 6) is 1.11. The van der Waals surface area contributed by atoms with E-state index in [1.165, 1.54) is 12.8 Å². The Hall–Kier alpha value is -0.570. The highest BCUT2D eigenvalue weighted by atomic mass is 16.2. The van der Waals surface area contributed by atoms with Crippen LogP contribution in [0.25, 0.3) is 0 Å². The van der Waals surface area contributed by atoms with E-state index in [0.717, 1.165) is 25.6 Å². The number of likely N-dealkylation sites (tertiary alicyclic amines) is 1. The van der Waals surface area contributed by atoms with Gasteiger partial charge in [0.2, 0.25) is 5.91 Å². The molecule has 0 aromatic rings. The zero-order valence-electron chi connectivity index (χ0n) is 8.68. The number of amides is 1. The largest absolute Gasteiger partial charge is 0.343 e. The van der Waals surface area contributed by atoms with Gasteiger partial charge in [-0.25, -0.2) is 0 Å². The van der Waals surface area contributed by atoms with Crippen LogP contribution in [0.2, 0.25) is 0 Å². The molecule has 1 heterocycles. The van der Waals surface area contributed by atoms with Crippen LogP contribution in [0.5, 0.6) is 0 Å². The van der Waals surface area contributed by atoms with E-state index in [9.17, 15) is 4.79 Å². The SMILES string of the molecule is CNCCC(=O)N1CCC(C)CC1. The van der Waals surface area contributed by atoms with Gasteiger partial charge in [0.25, 0.3) is 0 Å². The average Bonchev–Trinajstić information content (AvgIpc) is 2.15. The molecule has 3 heteroatoms. The van der Waals surface area contributed by atoms with Crippen molar-refractivity contribution in [2.24, 2.45) is 5.92 Å². The van der Waals surface area contributed by atoms with Crippen molar-refractivity contribution in [3.63, 3.8) is 0 Å². The third-order valence-corrected chi connectivity index (χ3v) is 2.73. The lowest BCUT2D eigenvalue weighted by Gasteiger charge is -2.30. The van der Waals surface area contributed by atoms with Crippen molar-refractivity contribution < 1.29 is 4.79 Å². The summed E-state index contributed by atoms with van der Waals surface area (Å²) in [5.41, 5.74) is 0. The van der Waals surface area contributed by atoms with Crippen LogP contribution in [-0.4, -0.2) is 37.5 Å². The van der Waals surface area contributed by atoms with Crippen LogP contribution in [0, 0.1) is 5.92 Å². The second kappa shape index (κ2) is 5.22. The van der Waals surface area contributed by atoms with Crippen LogP contribution in [0.15, 0.2) is 0 Å². The molecule has 1 aliphatic rings. The van der Waals surface area contributed by atoms with Gasteiger partial charge < -0.3 is 10.2 Å². The van der Waals surface area contributed by atoms with Crippen LogP contribution in [0.3, 0.4) is 0 Å². The normalized spacial score (nSPS) is 19.1. The summed E-state index contributed by atoms with van der Waals surface area (Å²) in [6.07, 6.45) is 2.99. The van der Waals surface area contributed by atoms with Gasteiger partial charge in [0.15, 0.2) is 0 Å². The number of hydrogen-bond donors (Lipinski definition) is 1. The summed E-state index contributed by atoms with van der Waals surface area (Å²) in [4.78, 5) is 13.5. The van der Waals surface area contributed by atoms with Crippen LogP contribution in [-0.2, 0) is 4.79 Å². The molecule has 3 nitrogen and oxygen atoms in total. The predicted octanol–water partition coefficient (Wildman–Crippen LogP) is 0.854. The standard InChI is InChI=1S/C10H20N2O/c1-9-4-7-12(8-5-9)10(13)3-6-11-2/h9,11H,3-8H2,1-2H3. The number of carbonyl (C=O) groups is 1. The van der Waals surface area contributed by atoms with Crippen LogP contribution in [0.1, 0.15) is 26.2 Å². The van der Waals surface area contributed by atoms with E-state index in [2.05, 4.69) is 12.2 Å². The lowest BCUT2D eigenvalue weighted by molar-refractivity contribution is -0.132. The number of hydrogen-bond acceptors (Lipinski definition) is 2. The van der Waals surface area contributed by atoms with Gasteiger partial charge in [0, 0.05) is 26.1 Å². The molecule has 13 heavy (non-hydrogen) atoms. The van der Waals surface area contributed by atoms with Gasteiger partial charge >= 0.3 is 0 Å². The zero-order chi connectivity index (χ0) is 9.68.